The number of aryl methyl sites for hydroxylation is 1. The van der Waals surface area contributed by atoms with Crippen LogP contribution in [0.3, 0.4) is 0 Å². The molecule has 5 heterocycles. The highest BCUT2D eigenvalue weighted by Crippen LogP contribution is 2.56. The number of hydrogen-bond donors (Lipinski definition) is 1. The molecule has 0 bridgehead atoms. The summed E-state index contributed by atoms with van der Waals surface area (Å²) in [5.74, 6) is 0.297. The molecule has 7 nitrogen and oxygen atoms in total. The lowest BCUT2D eigenvalue weighted by Gasteiger charge is -2.46. The van der Waals surface area contributed by atoms with Crippen molar-refractivity contribution < 1.29 is 9.59 Å². The molecule has 0 radical (unpaired) electrons. The van der Waals surface area contributed by atoms with Crippen LogP contribution in [-0.4, -0.2) is 63.9 Å². The van der Waals surface area contributed by atoms with Crippen LogP contribution in [0.5, 0.6) is 0 Å². The highest BCUT2D eigenvalue weighted by Gasteiger charge is 2.63. The second kappa shape index (κ2) is 7.23. The zero-order valence-corrected chi connectivity index (χ0v) is 17.5. The van der Waals surface area contributed by atoms with E-state index in [0.717, 1.165) is 51.1 Å². The maximum atomic E-state index is 13.1. The van der Waals surface area contributed by atoms with Gasteiger partial charge >= 0.3 is 0 Å². The van der Waals surface area contributed by atoms with Gasteiger partial charge in [0.05, 0.1) is 5.41 Å². The highest BCUT2D eigenvalue weighted by molar-refractivity contribution is 5.93. The summed E-state index contributed by atoms with van der Waals surface area (Å²) in [6.07, 6.45) is 8.25. The fourth-order valence-electron chi connectivity index (χ4n) is 6.00. The first-order valence-electron chi connectivity index (χ1n) is 10.8. The number of pyridine rings is 1. The number of fused-ring (bicyclic) bond motifs is 1. The Kier molecular flexibility index (Phi) is 4.65. The van der Waals surface area contributed by atoms with Crippen molar-refractivity contribution in [1.82, 2.24) is 24.7 Å². The smallest absolute Gasteiger partial charge is 0.270 e. The molecule has 1 atom stereocenters. The number of nitrogens with zero attached hydrogens (tertiary/aromatic N) is 4. The Labute approximate surface area is 177 Å². The number of piperidine rings is 1. The molecule has 3 fully saturated rings. The van der Waals surface area contributed by atoms with Gasteiger partial charge in [0.15, 0.2) is 0 Å². The summed E-state index contributed by atoms with van der Waals surface area (Å²) < 4.78 is 1.88. The molecule has 3 saturated heterocycles. The normalized spacial score (nSPS) is 25.9. The average Bonchev–Trinajstić information content (AvgIpc) is 3.42. The van der Waals surface area contributed by atoms with Gasteiger partial charge in [0.1, 0.15) is 5.69 Å². The van der Waals surface area contributed by atoms with Crippen molar-refractivity contribution in [3.05, 3.63) is 54.1 Å². The summed E-state index contributed by atoms with van der Waals surface area (Å²) in [5.41, 5.74) is 1.50. The van der Waals surface area contributed by atoms with Crippen molar-refractivity contribution in [3.63, 3.8) is 0 Å². The number of carbonyl (C=O) groups is 2. The van der Waals surface area contributed by atoms with E-state index in [4.69, 9.17) is 0 Å². The molecule has 0 saturated carbocycles. The van der Waals surface area contributed by atoms with Crippen LogP contribution in [0, 0.1) is 10.8 Å². The van der Waals surface area contributed by atoms with Crippen molar-refractivity contribution >= 4 is 11.8 Å². The van der Waals surface area contributed by atoms with Crippen molar-refractivity contribution in [3.8, 4) is 0 Å². The molecule has 2 amide bonds. The first-order chi connectivity index (χ1) is 14.5. The summed E-state index contributed by atoms with van der Waals surface area (Å²) in [5, 5.41) is 3.11. The number of likely N-dealkylation sites (tertiary alicyclic amines) is 2. The fourth-order valence-corrected chi connectivity index (χ4v) is 6.00. The van der Waals surface area contributed by atoms with E-state index in [2.05, 4.69) is 21.3 Å². The number of nitrogens with one attached hydrogen (secondary N) is 1. The van der Waals surface area contributed by atoms with Gasteiger partial charge in [0.25, 0.3) is 5.91 Å². The summed E-state index contributed by atoms with van der Waals surface area (Å²) >= 11 is 0. The Hall–Kier alpha value is -2.67. The van der Waals surface area contributed by atoms with Gasteiger partial charge in [0, 0.05) is 70.3 Å². The van der Waals surface area contributed by atoms with Crippen LogP contribution in [0.4, 0.5) is 0 Å². The van der Waals surface area contributed by atoms with Gasteiger partial charge in [-0.15, -0.1) is 0 Å². The van der Waals surface area contributed by atoms with Gasteiger partial charge in [-0.05, 0) is 43.0 Å². The third-order valence-electron chi connectivity index (χ3n) is 7.61. The molecule has 1 N–H and O–H groups in total. The minimum absolute atomic E-state index is 0.0687. The fraction of sp³-hybridized carbons (Fsp3) is 0.522. The largest absolute Gasteiger partial charge is 0.356 e. The molecule has 30 heavy (non-hydrogen) atoms. The van der Waals surface area contributed by atoms with Crippen molar-refractivity contribution in [1.29, 1.82) is 0 Å². The van der Waals surface area contributed by atoms with E-state index in [1.54, 1.807) is 6.20 Å². The molecule has 2 spiro atoms. The third-order valence-corrected chi connectivity index (χ3v) is 7.61. The van der Waals surface area contributed by atoms with Crippen LogP contribution < -0.4 is 5.32 Å². The predicted molar refractivity (Wildman–Crippen MR) is 113 cm³/mol. The van der Waals surface area contributed by atoms with Gasteiger partial charge in [-0.2, -0.15) is 0 Å². The molecule has 2 aromatic rings. The van der Waals surface area contributed by atoms with Gasteiger partial charge in [-0.1, -0.05) is 6.07 Å². The summed E-state index contributed by atoms with van der Waals surface area (Å²) in [6, 6.07) is 7.85. The van der Waals surface area contributed by atoms with Gasteiger partial charge in [-0.25, -0.2) is 0 Å². The van der Waals surface area contributed by atoms with E-state index in [1.807, 2.05) is 47.1 Å². The third kappa shape index (κ3) is 2.95. The van der Waals surface area contributed by atoms with Crippen LogP contribution in [0.25, 0.3) is 0 Å². The Morgan fingerprint density at radius 3 is 2.63 bits per heavy atom. The van der Waals surface area contributed by atoms with Gasteiger partial charge in [0.2, 0.25) is 5.91 Å². The molecular formula is C23H29N5O2. The lowest BCUT2D eigenvalue weighted by atomic mass is 9.60. The maximum Gasteiger partial charge on any atom is 0.270 e. The second-order valence-electron chi connectivity index (χ2n) is 9.17. The second-order valence-corrected chi connectivity index (χ2v) is 9.17. The zero-order valence-electron chi connectivity index (χ0n) is 17.5. The van der Waals surface area contributed by atoms with E-state index < -0.39 is 0 Å². The van der Waals surface area contributed by atoms with Crippen LogP contribution in [0.15, 0.2) is 42.9 Å². The molecule has 3 aliphatic rings. The number of aromatic nitrogens is 2. The molecule has 0 aromatic carbocycles. The standard InChI is InChI=1S/C23H29N5O2/c1-26-11-3-5-19(26)20(29)28-12-7-22(8-13-28)16-27(15-18-4-2-9-24-14-18)17-23(22)6-10-25-21(23)30/h2-5,9,11,14H,6-8,10,12-13,15-17H2,1H3,(H,25,30)/t23-/m0/s1. The zero-order chi connectivity index (χ0) is 20.8. The van der Waals surface area contributed by atoms with Crippen molar-refractivity contribution in [2.75, 3.05) is 32.7 Å². The minimum atomic E-state index is -0.338. The predicted octanol–water partition coefficient (Wildman–Crippen LogP) is 1.66. The number of rotatable bonds is 3. The Morgan fingerprint density at radius 1 is 1.17 bits per heavy atom. The van der Waals surface area contributed by atoms with Crippen LogP contribution in [0.1, 0.15) is 35.3 Å². The Bertz CT molecular complexity index is 948. The lowest BCUT2D eigenvalue weighted by molar-refractivity contribution is -0.133. The Balaban J connectivity index is 1.36. The molecule has 2 aromatic heterocycles. The van der Waals surface area contributed by atoms with Gasteiger partial charge in [-0.3, -0.25) is 19.5 Å². The number of amides is 2. The van der Waals surface area contributed by atoms with Crippen LogP contribution in [0.2, 0.25) is 0 Å². The quantitative estimate of drug-likeness (QED) is 0.840. The van der Waals surface area contributed by atoms with E-state index in [9.17, 15) is 9.59 Å². The van der Waals surface area contributed by atoms with Gasteiger partial charge < -0.3 is 14.8 Å². The SMILES string of the molecule is Cn1cccc1C(=O)N1CCC2(CC1)CN(Cc1cccnc1)C[C@]21CCNC1=O. The van der Waals surface area contributed by atoms with Crippen LogP contribution in [-0.2, 0) is 18.4 Å². The molecule has 5 rings (SSSR count). The molecule has 158 valence electrons. The number of carbonyl (C=O) groups excluding carboxylic acids is 2. The molecule has 3 aliphatic heterocycles. The molecule has 7 heteroatoms. The molecule has 0 aliphatic carbocycles. The summed E-state index contributed by atoms with van der Waals surface area (Å²) in [6.45, 7) is 4.68. The minimum Gasteiger partial charge on any atom is -0.356 e. The summed E-state index contributed by atoms with van der Waals surface area (Å²) in [7, 11) is 1.91. The van der Waals surface area contributed by atoms with Crippen LogP contribution >= 0.6 is 0 Å². The van der Waals surface area contributed by atoms with E-state index in [0.29, 0.717) is 13.1 Å². The molecule has 0 unspecified atom stereocenters. The average molecular weight is 408 g/mol. The van der Waals surface area contributed by atoms with Crippen molar-refractivity contribution in [2.45, 2.75) is 25.8 Å². The van der Waals surface area contributed by atoms with E-state index >= 15 is 0 Å². The van der Waals surface area contributed by atoms with E-state index in [-0.39, 0.29) is 22.6 Å². The highest BCUT2D eigenvalue weighted by atomic mass is 16.2. The monoisotopic (exact) mass is 407 g/mol. The number of hydrogen-bond acceptors (Lipinski definition) is 4. The Morgan fingerprint density at radius 2 is 2.00 bits per heavy atom. The van der Waals surface area contributed by atoms with Crippen molar-refractivity contribution in [2.24, 2.45) is 17.9 Å². The first kappa shape index (κ1) is 19.3. The lowest BCUT2D eigenvalue weighted by Crippen LogP contribution is -2.53. The van der Waals surface area contributed by atoms with E-state index in [1.165, 1.54) is 5.56 Å². The molecular weight excluding hydrogens is 378 g/mol. The summed E-state index contributed by atoms with van der Waals surface area (Å²) in [4.78, 5) is 34.7. The first-order valence-corrected chi connectivity index (χ1v) is 10.8. The topological polar surface area (TPSA) is 70.5 Å². The maximum absolute atomic E-state index is 13.1.